The van der Waals surface area contributed by atoms with E-state index in [9.17, 15) is 15.0 Å². The summed E-state index contributed by atoms with van der Waals surface area (Å²) in [6.45, 7) is 11.6. The number of hydrogen-bond acceptors (Lipinski definition) is 5. The highest BCUT2D eigenvalue weighted by atomic mass is 16.5. The van der Waals surface area contributed by atoms with Gasteiger partial charge in [-0.05, 0) is 111 Å². The zero-order valence-electron chi connectivity index (χ0n) is 22.7. The van der Waals surface area contributed by atoms with E-state index in [0.717, 1.165) is 32.1 Å². The Balaban J connectivity index is 1.45. The van der Waals surface area contributed by atoms with Crippen LogP contribution in [-0.4, -0.2) is 52.9 Å². The quantitative estimate of drug-likeness (QED) is 0.410. The van der Waals surface area contributed by atoms with Gasteiger partial charge >= 0.3 is 6.09 Å². The summed E-state index contributed by atoms with van der Waals surface area (Å²) in [5.41, 5.74) is 0.465. The summed E-state index contributed by atoms with van der Waals surface area (Å²) >= 11 is 0. The third-order valence-electron chi connectivity index (χ3n) is 11.6. The second-order valence-corrected chi connectivity index (χ2v) is 13.3. The van der Waals surface area contributed by atoms with Gasteiger partial charge in [0.25, 0.3) is 0 Å². The average Bonchev–Trinajstić information content (AvgIpc) is 3.17. The van der Waals surface area contributed by atoms with Gasteiger partial charge in [0.2, 0.25) is 0 Å². The molecule has 0 aliphatic heterocycles. The monoisotopic (exact) mass is 493 g/mol. The first kappa shape index (κ1) is 27.2. The predicted octanol–water partition coefficient (Wildman–Crippen LogP) is 4.75. The molecule has 4 saturated carbocycles. The van der Waals surface area contributed by atoms with E-state index < -0.39 is 6.09 Å². The summed E-state index contributed by atoms with van der Waals surface area (Å²) < 4.78 is 5.40. The van der Waals surface area contributed by atoms with Crippen molar-refractivity contribution in [1.29, 1.82) is 0 Å². The summed E-state index contributed by atoms with van der Waals surface area (Å²) in [6.07, 6.45) is 8.60. The van der Waals surface area contributed by atoms with Crippen LogP contribution >= 0.6 is 0 Å². The molecule has 202 valence electrons. The minimum Gasteiger partial charge on any atom is -0.450 e. The highest BCUT2D eigenvalue weighted by Gasteiger charge is 2.64. The maximum absolute atomic E-state index is 11.9. The van der Waals surface area contributed by atoms with E-state index in [4.69, 9.17) is 9.84 Å². The number of rotatable bonds is 7. The van der Waals surface area contributed by atoms with Gasteiger partial charge in [0.1, 0.15) is 0 Å². The molecule has 4 fully saturated rings. The van der Waals surface area contributed by atoms with Gasteiger partial charge in [0.05, 0.1) is 31.5 Å². The summed E-state index contributed by atoms with van der Waals surface area (Å²) in [6, 6.07) is -0.299. The zero-order valence-corrected chi connectivity index (χ0v) is 22.7. The molecule has 1 amide bonds. The van der Waals surface area contributed by atoms with Gasteiger partial charge in [0.15, 0.2) is 0 Å². The fourth-order valence-corrected chi connectivity index (χ4v) is 9.76. The number of amides is 1. The molecule has 4 aliphatic rings. The Kier molecular flexibility index (Phi) is 8.15. The van der Waals surface area contributed by atoms with Crippen molar-refractivity contribution >= 4 is 6.09 Å². The van der Waals surface area contributed by atoms with Gasteiger partial charge in [-0.1, -0.05) is 34.1 Å². The minimum atomic E-state index is -0.453. The van der Waals surface area contributed by atoms with E-state index in [1.165, 1.54) is 25.7 Å². The highest BCUT2D eigenvalue weighted by molar-refractivity contribution is 5.67. The van der Waals surface area contributed by atoms with Crippen molar-refractivity contribution in [3.05, 3.63) is 0 Å². The van der Waals surface area contributed by atoms with Gasteiger partial charge < -0.3 is 25.4 Å². The number of alkyl carbamates (subject to hydrolysis) is 1. The van der Waals surface area contributed by atoms with Crippen molar-refractivity contribution in [2.75, 3.05) is 13.2 Å². The maximum Gasteiger partial charge on any atom is 0.407 e. The molecule has 6 nitrogen and oxygen atoms in total. The third-order valence-corrected chi connectivity index (χ3v) is 11.6. The SMILES string of the molecule is CC[C@H]1[C@@H](O)[C@@H]2[C@H](CC[C@]3(C)C([C@H](C)CCOC(=O)NC(C)CO)CC[C@@H]23)[C@@]2(C)CC[C@@H](O)C[C@@H]12. The van der Waals surface area contributed by atoms with Crippen LogP contribution in [0.5, 0.6) is 0 Å². The number of ether oxygens (including phenoxy) is 1. The Morgan fingerprint density at radius 2 is 1.71 bits per heavy atom. The van der Waals surface area contributed by atoms with Gasteiger partial charge in [-0.25, -0.2) is 4.79 Å². The van der Waals surface area contributed by atoms with Crippen molar-refractivity contribution < 1.29 is 24.9 Å². The lowest BCUT2D eigenvalue weighted by atomic mass is 9.41. The molecular formula is C29H51NO5. The molecular weight excluding hydrogens is 442 g/mol. The third kappa shape index (κ3) is 4.77. The second-order valence-electron chi connectivity index (χ2n) is 13.3. The van der Waals surface area contributed by atoms with Crippen LogP contribution < -0.4 is 5.32 Å². The lowest BCUT2D eigenvalue weighted by Crippen LogP contribution is -2.62. The molecule has 0 aromatic heterocycles. The molecule has 4 rings (SSSR count). The molecule has 0 spiro atoms. The molecule has 12 atom stereocenters. The first-order valence-electron chi connectivity index (χ1n) is 14.5. The first-order chi connectivity index (χ1) is 16.6. The van der Waals surface area contributed by atoms with Gasteiger partial charge in [0, 0.05) is 0 Å². The number of hydrogen-bond donors (Lipinski definition) is 4. The average molecular weight is 494 g/mol. The van der Waals surface area contributed by atoms with Gasteiger partial charge in [-0.3, -0.25) is 0 Å². The first-order valence-corrected chi connectivity index (χ1v) is 14.5. The van der Waals surface area contributed by atoms with Gasteiger partial charge in [-0.15, -0.1) is 0 Å². The molecule has 4 aliphatic carbocycles. The summed E-state index contributed by atoms with van der Waals surface area (Å²) in [7, 11) is 0. The standard InChI is InChI=1S/C29H51NO5/c1-6-20-24-15-19(32)9-12-29(24,5)23-10-13-28(4)21(7-8-22(28)25(23)26(20)33)17(2)11-14-35-27(34)30-18(3)16-31/h17-26,31-33H,6-16H2,1-5H3,(H,30,34)/t17-,18?,19-,20-,21?,22+,23+,24+,25+,26-,28-,29-/m1/s1. The lowest BCUT2D eigenvalue weighted by Gasteiger charge is -2.64. The van der Waals surface area contributed by atoms with Crippen LogP contribution in [0.1, 0.15) is 92.4 Å². The fraction of sp³-hybridized carbons (Fsp3) is 0.966. The zero-order chi connectivity index (χ0) is 25.5. The molecule has 4 N–H and O–H groups in total. The van der Waals surface area contributed by atoms with Crippen LogP contribution in [0, 0.1) is 52.3 Å². The maximum atomic E-state index is 11.9. The fourth-order valence-electron chi connectivity index (χ4n) is 9.76. The van der Waals surface area contributed by atoms with Crippen LogP contribution in [0.2, 0.25) is 0 Å². The van der Waals surface area contributed by atoms with Crippen molar-refractivity contribution in [2.24, 2.45) is 52.3 Å². The van der Waals surface area contributed by atoms with E-state index in [2.05, 4.69) is 33.0 Å². The van der Waals surface area contributed by atoms with Crippen molar-refractivity contribution in [2.45, 2.75) is 111 Å². The lowest BCUT2D eigenvalue weighted by molar-refractivity contribution is -0.203. The number of aliphatic hydroxyl groups excluding tert-OH is 3. The summed E-state index contributed by atoms with van der Waals surface area (Å²) in [5.74, 6) is 3.26. The summed E-state index contributed by atoms with van der Waals surface area (Å²) in [5, 5.41) is 34.0. The molecule has 6 heteroatoms. The molecule has 35 heavy (non-hydrogen) atoms. The van der Waals surface area contributed by atoms with Crippen molar-refractivity contribution in [3.63, 3.8) is 0 Å². The molecule has 0 saturated heterocycles. The largest absolute Gasteiger partial charge is 0.450 e. The van der Waals surface area contributed by atoms with E-state index in [1.807, 2.05) is 0 Å². The number of nitrogens with one attached hydrogen (secondary N) is 1. The topological polar surface area (TPSA) is 99.0 Å². The van der Waals surface area contributed by atoms with Gasteiger partial charge in [-0.2, -0.15) is 0 Å². The minimum absolute atomic E-state index is 0.0966. The Labute approximate surface area is 212 Å². The van der Waals surface area contributed by atoms with Crippen molar-refractivity contribution in [3.8, 4) is 0 Å². The highest BCUT2D eigenvalue weighted by Crippen LogP contribution is 2.69. The Morgan fingerprint density at radius 1 is 1.03 bits per heavy atom. The molecule has 0 aromatic rings. The van der Waals surface area contributed by atoms with E-state index in [0.29, 0.717) is 48.0 Å². The Bertz CT molecular complexity index is 747. The number of aliphatic hydroxyl groups is 3. The normalized spacial score (nSPS) is 46.6. The molecule has 2 unspecified atom stereocenters. The van der Waals surface area contributed by atoms with Crippen molar-refractivity contribution in [1.82, 2.24) is 5.32 Å². The Hall–Kier alpha value is -0.850. The van der Waals surface area contributed by atoms with Crippen LogP contribution in [0.15, 0.2) is 0 Å². The number of carbonyl (C=O) groups is 1. The Morgan fingerprint density at radius 3 is 2.40 bits per heavy atom. The smallest absolute Gasteiger partial charge is 0.407 e. The predicted molar refractivity (Wildman–Crippen MR) is 137 cm³/mol. The molecule has 0 bridgehead atoms. The number of carbonyl (C=O) groups excluding carboxylic acids is 1. The van der Waals surface area contributed by atoms with E-state index >= 15 is 0 Å². The second kappa shape index (κ2) is 10.5. The molecule has 0 aromatic carbocycles. The van der Waals surface area contributed by atoms with Crippen LogP contribution in [0.4, 0.5) is 4.79 Å². The van der Waals surface area contributed by atoms with E-state index in [-0.39, 0.29) is 35.7 Å². The van der Waals surface area contributed by atoms with Crippen LogP contribution in [0.3, 0.4) is 0 Å². The molecule has 0 radical (unpaired) electrons. The number of fused-ring (bicyclic) bond motifs is 5. The van der Waals surface area contributed by atoms with Crippen LogP contribution in [-0.2, 0) is 4.74 Å². The summed E-state index contributed by atoms with van der Waals surface area (Å²) in [4.78, 5) is 11.9. The molecule has 0 heterocycles. The van der Waals surface area contributed by atoms with Crippen LogP contribution in [0.25, 0.3) is 0 Å². The van der Waals surface area contributed by atoms with E-state index in [1.54, 1.807) is 6.92 Å².